The van der Waals surface area contributed by atoms with Crippen molar-refractivity contribution >= 4 is 17.0 Å². The first-order valence-corrected chi connectivity index (χ1v) is 13.4. The number of nitrogens with one attached hydrogen (secondary N) is 2. The number of fused-ring (bicyclic) bond motifs is 1. The molecule has 0 radical (unpaired) electrons. The molecule has 2 atom stereocenters. The van der Waals surface area contributed by atoms with E-state index < -0.39 is 5.60 Å². The first kappa shape index (κ1) is 27.1. The van der Waals surface area contributed by atoms with Gasteiger partial charge in [-0.15, -0.1) is 0 Å². The molecule has 0 unspecified atom stereocenters. The van der Waals surface area contributed by atoms with Crippen LogP contribution < -0.4 is 16.2 Å². The van der Waals surface area contributed by atoms with Crippen molar-refractivity contribution in [1.82, 2.24) is 24.8 Å². The fraction of sp³-hybridized carbons (Fsp3) is 0.552. The van der Waals surface area contributed by atoms with Gasteiger partial charge in [-0.2, -0.15) is 0 Å². The molecule has 0 amide bonds. The van der Waals surface area contributed by atoms with E-state index in [1.165, 1.54) is 12.8 Å². The van der Waals surface area contributed by atoms with Crippen molar-refractivity contribution in [2.24, 2.45) is 13.0 Å². The Hall–Kier alpha value is -2.97. The van der Waals surface area contributed by atoms with Crippen molar-refractivity contribution in [3.8, 4) is 11.4 Å². The molecular weight excluding hydrogens is 466 g/mol. The summed E-state index contributed by atoms with van der Waals surface area (Å²) in [6.07, 6.45) is 4.87. The number of aromatic nitrogens is 3. The summed E-state index contributed by atoms with van der Waals surface area (Å²) in [7, 11) is 1.79. The number of imidazole rings is 1. The van der Waals surface area contributed by atoms with Crippen molar-refractivity contribution in [3.63, 3.8) is 0 Å². The quantitative estimate of drug-likeness (QED) is 0.449. The number of piperidine rings is 1. The van der Waals surface area contributed by atoms with E-state index in [1.54, 1.807) is 11.6 Å². The number of esters is 1. The Morgan fingerprint density at radius 2 is 2.08 bits per heavy atom. The fourth-order valence-corrected chi connectivity index (χ4v) is 5.03. The summed E-state index contributed by atoms with van der Waals surface area (Å²) in [5, 5.41) is 6.91. The Morgan fingerprint density at radius 1 is 1.30 bits per heavy atom. The number of nitrogens with zero attached hydrogens (tertiary/aromatic N) is 3. The summed E-state index contributed by atoms with van der Waals surface area (Å²) >= 11 is 0. The maximum absolute atomic E-state index is 12.6. The lowest BCUT2D eigenvalue weighted by atomic mass is 9.99. The van der Waals surface area contributed by atoms with Crippen LogP contribution in [0.2, 0.25) is 0 Å². The molecule has 0 aliphatic carbocycles. The van der Waals surface area contributed by atoms with E-state index in [4.69, 9.17) is 9.72 Å². The molecule has 1 aliphatic rings. The third-order valence-electron chi connectivity index (χ3n) is 6.93. The van der Waals surface area contributed by atoms with Crippen LogP contribution in [-0.2, 0) is 29.7 Å². The number of hydrogen-bond acceptors (Lipinski definition) is 6. The van der Waals surface area contributed by atoms with Gasteiger partial charge in [-0.3, -0.25) is 9.59 Å². The van der Waals surface area contributed by atoms with Crippen LogP contribution in [0.4, 0.5) is 0 Å². The molecule has 1 fully saturated rings. The zero-order chi connectivity index (χ0) is 26.7. The van der Waals surface area contributed by atoms with Crippen molar-refractivity contribution in [3.05, 3.63) is 51.9 Å². The molecule has 3 heterocycles. The SMILES string of the molecule is CC[C@H](NCc1ccc2nc(-c3cc(C)c(=O)n(C)c3)n(C[C@H]3CCCNC3)c2c1)C(=O)OC(C)(C)C. The fourth-order valence-electron chi connectivity index (χ4n) is 5.03. The molecule has 2 aromatic heterocycles. The summed E-state index contributed by atoms with van der Waals surface area (Å²) in [5.41, 5.74) is 4.21. The molecule has 1 saturated heterocycles. The van der Waals surface area contributed by atoms with Gasteiger partial charge in [0.1, 0.15) is 17.5 Å². The van der Waals surface area contributed by atoms with Crippen LogP contribution in [0.25, 0.3) is 22.4 Å². The maximum Gasteiger partial charge on any atom is 0.323 e. The molecule has 0 saturated carbocycles. The Balaban J connectivity index is 1.67. The van der Waals surface area contributed by atoms with Gasteiger partial charge in [0.2, 0.25) is 0 Å². The van der Waals surface area contributed by atoms with E-state index in [9.17, 15) is 9.59 Å². The van der Waals surface area contributed by atoms with Gasteiger partial charge in [-0.05, 0) is 89.7 Å². The molecule has 37 heavy (non-hydrogen) atoms. The van der Waals surface area contributed by atoms with Crippen LogP contribution in [0, 0.1) is 12.8 Å². The summed E-state index contributed by atoms with van der Waals surface area (Å²) in [6.45, 7) is 13.0. The van der Waals surface area contributed by atoms with Crippen molar-refractivity contribution in [2.45, 2.75) is 78.6 Å². The van der Waals surface area contributed by atoms with Gasteiger partial charge in [0.15, 0.2) is 0 Å². The Bertz CT molecular complexity index is 1290. The summed E-state index contributed by atoms with van der Waals surface area (Å²) in [4.78, 5) is 30.0. The highest BCUT2D eigenvalue weighted by molar-refractivity contribution is 5.81. The second-order valence-corrected chi connectivity index (χ2v) is 11.3. The first-order chi connectivity index (χ1) is 17.6. The monoisotopic (exact) mass is 507 g/mol. The third-order valence-corrected chi connectivity index (χ3v) is 6.93. The Morgan fingerprint density at radius 3 is 2.73 bits per heavy atom. The van der Waals surface area contributed by atoms with E-state index >= 15 is 0 Å². The largest absolute Gasteiger partial charge is 0.459 e. The van der Waals surface area contributed by atoms with Crippen molar-refractivity contribution in [2.75, 3.05) is 13.1 Å². The smallest absolute Gasteiger partial charge is 0.323 e. The molecule has 1 aromatic carbocycles. The molecule has 3 aromatic rings. The molecule has 4 rings (SSSR count). The number of carbonyl (C=O) groups is 1. The molecule has 1 aliphatic heterocycles. The normalized spacial score (nSPS) is 17.2. The molecule has 2 N–H and O–H groups in total. The van der Waals surface area contributed by atoms with E-state index in [-0.39, 0.29) is 17.6 Å². The Labute approximate surface area is 219 Å². The number of aryl methyl sites for hydroxylation is 2. The second kappa shape index (κ2) is 11.2. The van der Waals surface area contributed by atoms with E-state index in [1.807, 2.05) is 46.9 Å². The molecular formula is C29H41N5O3. The van der Waals surface area contributed by atoms with E-state index in [2.05, 4.69) is 33.4 Å². The lowest BCUT2D eigenvalue weighted by Gasteiger charge is -2.24. The zero-order valence-electron chi connectivity index (χ0n) is 23.1. The van der Waals surface area contributed by atoms with Gasteiger partial charge in [0.25, 0.3) is 5.56 Å². The van der Waals surface area contributed by atoms with E-state index in [0.717, 1.165) is 47.6 Å². The topological polar surface area (TPSA) is 90.2 Å². The minimum atomic E-state index is -0.513. The van der Waals surface area contributed by atoms with Crippen LogP contribution in [0.1, 0.15) is 58.1 Å². The third kappa shape index (κ3) is 6.48. The highest BCUT2D eigenvalue weighted by Crippen LogP contribution is 2.28. The Kier molecular flexibility index (Phi) is 8.19. The van der Waals surface area contributed by atoms with Gasteiger partial charge < -0.3 is 24.5 Å². The van der Waals surface area contributed by atoms with Crippen molar-refractivity contribution in [1.29, 1.82) is 0 Å². The number of benzene rings is 1. The minimum Gasteiger partial charge on any atom is -0.459 e. The highest BCUT2D eigenvalue weighted by atomic mass is 16.6. The number of hydrogen-bond donors (Lipinski definition) is 2. The van der Waals surface area contributed by atoms with Crippen LogP contribution in [0.15, 0.2) is 35.3 Å². The summed E-state index contributed by atoms with van der Waals surface area (Å²) < 4.78 is 9.53. The van der Waals surface area contributed by atoms with Crippen LogP contribution >= 0.6 is 0 Å². The van der Waals surface area contributed by atoms with Gasteiger partial charge in [-0.1, -0.05) is 13.0 Å². The molecule has 0 spiro atoms. The molecule has 0 bridgehead atoms. The average molecular weight is 508 g/mol. The predicted octanol–water partition coefficient (Wildman–Crippen LogP) is 3.92. The average Bonchev–Trinajstić information content (AvgIpc) is 3.19. The van der Waals surface area contributed by atoms with Crippen LogP contribution in [-0.4, -0.2) is 44.8 Å². The maximum atomic E-state index is 12.6. The number of pyridine rings is 1. The summed E-state index contributed by atoms with van der Waals surface area (Å²) in [6, 6.07) is 7.86. The number of ether oxygens (including phenoxy) is 1. The van der Waals surface area contributed by atoms with Gasteiger partial charge >= 0.3 is 5.97 Å². The van der Waals surface area contributed by atoms with Crippen LogP contribution in [0.5, 0.6) is 0 Å². The molecule has 8 nitrogen and oxygen atoms in total. The van der Waals surface area contributed by atoms with Gasteiger partial charge in [0.05, 0.1) is 11.0 Å². The number of rotatable bonds is 8. The first-order valence-electron chi connectivity index (χ1n) is 13.4. The van der Waals surface area contributed by atoms with E-state index in [0.29, 0.717) is 24.4 Å². The minimum absolute atomic E-state index is 0.00622. The van der Waals surface area contributed by atoms with Crippen molar-refractivity contribution < 1.29 is 9.53 Å². The summed E-state index contributed by atoms with van der Waals surface area (Å²) in [5.74, 6) is 1.17. The molecule has 200 valence electrons. The van der Waals surface area contributed by atoms with Crippen LogP contribution in [0.3, 0.4) is 0 Å². The second-order valence-electron chi connectivity index (χ2n) is 11.3. The highest BCUT2D eigenvalue weighted by Gasteiger charge is 2.24. The number of carbonyl (C=O) groups excluding carboxylic acids is 1. The zero-order valence-corrected chi connectivity index (χ0v) is 23.1. The van der Waals surface area contributed by atoms with Gasteiger partial charge in [0, 0.05) is 37.5 Å². The van der Waals surface area contributed by atoms with Gasteiger partial charge in [-0.25, -0.2) is 4.98 Å². The standard InChI is InChI=1S/C29H41N5O3/c1-7-23(28(36)37-29(3,4)5)31-16-20-10-11-24-25(14-20)34(17-21-9-8-12-30-15-21)26(32-24)22-13-19(2)27(35)33(6)18-22/h10-11,13-14,18,21,23,30-31H,7-9,12,15-17H2,1-6H3/t21-,23-/m0/s1. The lowest BCUT2D eigenvalue weighted by molar-refractivity contribution is -0.157. The molecule has 8 heteroatoms. The lowest BCUT2D eigenvalue weighted by Crippen LogP contribution is -2.40. The predicted molar refractivity (Wildman–Crippen MR) is 148 cm³/mol.